The fourth-order valence-electron chi connectivity index (χ4n) is 5.77. The topological polar surface area (TPSA) is 89.6 Å². The van der Waals surface area contributed by atoms with Crippen LogP contribution in [-0.2, 0) is 6.54 Å². The van der Waals surface area contributed by atoms with Gasteiger partial charge in [-0.25, -0.2) is 18.2 Å². The van der Waals surface area contributed by atoms with Crippen LogP contribution < -0.4 is 4.90 Å². The average Bonchev–Trinajstić information content (AvgIpc) is 3.65. The molecule has 0 atom stereocenters. The number of piperidine rings is 1. The van der Waals surface area contributed by atoms with Crippen LogP contribution in [0.5, 0.6) is 0 Å². The van der Waals surface area contributed by atoms with E-state index in [1.54, 1.807) is 23.4 Å². The first-order valence-corrected chi connectivity index (χ1v) is 13.3. The Morgan fingerprint density at radius 2 is 1.85 bits per heavy atom. The van der Waals surface area contributed by atoms with Gasteiger partial charge in [-0.3, -0.25) is 20.0 Å². The van der Waals surface area contributed by atoms with Crippen molar-refractivity contribution < 1.29 is 13.2 Å². The van der Waals surface area contributed by atoms with E-state index < -0.39 is 11.7 Å². The van der Waals surface area contributed by atoms with Gasteiger partial charge in [-0.05, 0) is 43.0 Å². The van der Waals surface area contributed by atoms with E-state index >= 15 is 4.39 Å². The largest absolute Gasteiger partial charge is 0.370 e. The van der Waals surface area contributed by atoms with Gasteiger partial charge in [-0.2, -0.15) is 5.10 Å². The highest BCUT2D eigenvalue weighted by Gasteiger charge is 2.38. The molecule has 0 amide bonds. The van der Waals surface area contributed by atoms with Gasteiger partial charge in [0.15, 0.2) is 11.6 Å². The average molecular weight is 533 g/mol. The standard InChI is InChI=1S/C28H27F3N8/c29-23-22-20(14-33-24(23)18-11-17(12-32-13-18)15-38-10-7-28(30,31)16-38)36-37-26(22)27-34-19-5-4-6-21(25(19)35-27)39-8-2-1-3-9-39/h4-6,11-14H,1-3,7-10,15-16H2,(H,34,35)(H,36,37). The van der Waals surface area contributed by atoms with Crippen molar-refractivity contribution in [1.82, 2.24) is 35.0 Å². The maximum absolute atomic E-state index is 16.1. The van der Waals surface area contributed by atoms with Crippen molar-refractivity contribution in [3.8, 4) is 22.8 Å². The van der Waals surface area contributed by atoms with Crippen LogP contribution in [0.25, 0.3) is 44.7 Å². The normalized spacial score (nSPS) is 18.0. The number of rotatable bonds is 5. The van der Waals surface area contributed by atoms with E-state index in [2.05, 4.69) is 36.1 Å². The number of imidazole rings is 1. The molecule has 0 spiro atoms. The van der Waals surface area contributed by atoms with Crippen LogP contribution in [-0.4, -0.2) is 67.1 Å². The van der Waals surface area contributed by atoms with Crippen LogP contribution in [0.3, 0.4) is 0 Å². The molecule has 7 rings (SSSR count). The number of aromatic amines is 2. The highest BCUT2D eigenvalue weighted by Crippen LogP contribution is 2.35. The summed E-state index contributed by atoms with van der Waals surface area (Å²) in [6.07, 6.45) is 8.08. The van der Waals surface area contributed by atoms with E-state index in [0.29, 0.717) is 35.7 Å². The zero-order chi connectivity index (χ0) is 26.6. The summed E-state index contributed by atoms with van der Waals surface area (Å²) in [5, 5.41) is 7.55. The minimum absolute atomic E-state index is 0.122. The van der Waals surface area contributed by atoms with Crippen molar-refractivity contribution >= 4 is 27.6 Å². The number of alkyl halides is 2. The van der Waals surface area contributed by atoms with E-state index in [0.717, 1.165) is 48.2 Å². The quantitative estimate of drug-likeness (QED) is 0.309. The lowest BCUT2D eigenvalue weighted by Gasteiger charge is -2.28. The van der Waals surface area contributed by atoms with Crippen molar-refractivity contribution in [2.24, 2.45) is 0 Å². The van der Waals surface area contributed by atoms with Gasteiger partial charge in [0, 0.05) is 50.6 Å². The van der Waals surface area contributed by atoms with Crippen LogP contribution in [0.2, 0.25) is 0 Å². The molecular formula is C28H27F3N8. The molecule has 0 radical (unpaired) electrons. The Morgan fingerprint density at radius 3 is 2.67 bits per heavy atom. The first kappa shape index (κ1) is 24.1. The molecule has 2 saturated heterocycles. The molecule has 200 valence electrons. The third kappa shape index (κ3) is 4.40. The SMILES string of the molecule is Fc1c(-c2cncc(CN3CCC(F)(F)C3)c2)ncc2[nH]nc(-c3nc4c(N5CCCCC5)cccc4[nH]3)c12. The summed E-state index contributed by atoms with van der Waals surface area (Å²) in [5.74, 6) is -2.75. The third-order valence-electron chi connectivity index (χ3n) is 7.68. The van der Waals surface area contributed by atoms with Gasteiger partial charge in [-0.15, -0.1) is 0 Å². The van der Waals surface area contributed by atoms with Gasteiger partial charge in [-0.1, -0.05) is 6.07 Å². The monoisotopic (exact) mass is 532 g/mol. The molecule has 0 unspecified atom stereocenters. The molecule has 0 bridgehead atoms. The van der Waals surface area contributed by atoms with Gasteiger partial charge >= 0.3 is 0 Å². The lowest BCUT2D eigenvalue weighted by Crippen LogP contribution is -2.29. The zero-order valence-electron chi connectivity index (χ0n) is 21.2. The number of fused-ring (bicyclic) bond motifs is 2. The maximum atomic E-state index is 16.1. The van der Waals surface area contributed by atoms with Crippen LogP contribution >= 0.6 is 0 Å². The zero-order valence-corrected chi connectivity index (χ0v) is 21.2. The van der Waals surface area contributed by atoms with Crippen molar-refractivity contribution in [1.29, 1.82) is 0 Å². The second kappa shape index (κ2) is 9.33. The molecular weight excluding hydrogens is 505 g/mol. The number of anilines is 1. The molecule has 5 aromatic rings. The molecule has 2 aliphatic rings. The van der Waals surface area contributed by atoms with Crippen LogP contribution in [0.4, 0.5) is 18.9 Å². The third-order valence-corrected chi connectivity index (χ3v) is 7.68. The fraction of sp³-hybridized carbons (Fsp3) is 0.357. The van der Waals surface area contributed by atoms with E-state index in [9.17, 15) is 8.78 Å². The smallest absolute Gasteiger partial charge is 0.261 e. The lowest BCUT2D eigenvalue weighted by atomic mass is 10.1. The molecule has 39 heavy (non-hydrogen) atoms. The number of aromatic nitrogens is 6. The second-order valence-electron chi connectivity index (χ2n) is 10.5. The van der Waals surface area contributed by atoms with E-state index in [1.165, 1.54) is 12.6 Å². The Labute approximate surface area is 222 Å². The summed E-state index contributed by atoms with van der Waals surface area (Å²) < 4.78 is 43.4. The molecule has 11 heteroatoms. The summed E-state index contributed by atoms with van der Waals surface area (Å²) in [4.78, 5) is 20.8. The number of H-pyrrole nitrogens is 2. The highest BCUT2D eigenvalue weighted by molar-refractivity contribution is 5.97. The Kier molecular flexibility index (Phi) is 5.76. The molecule has 6 heterocycles. The Bertz CT molecular complexity index is 1670. The van der Waals surface area contributed by atoms with Crippen LogP contribution in [0.15, 0.2) is 42.9 Å². The lowest BCUT2D eigenvalue weighted by molar-refractivity contribution is 0.0115. The maximum Gasteiger partial charge on any atom is 0.261 e. The van der Waals surface area contributed by atoms with Crippen LogP contribution in [0.1, 0.15) is 31.2 Å². The molecule has 1 aromatic carbocycles. The Morgan fingerprint density at radius 1 is 0.974 bits per heavy atom. The molecule has 2 fully saturated rings. The molecule has 4 aromatic heterocycles. The van der Waals surface area contributed by atoms with Gasteiger partial charge in [0.1, 0.15) is 16.9 Å². The Hall–Kier alpha value is -3.99. The number of nitrogens with one attached hydrogen (secondary N) is 2. The Balaban J connectivity index is 1.25. The summed E-state index contributed by atoms with van der Waals surface area (Å²) in [7, 11) is 0. The number of para-hydroxylation sites is 1. The molecule has 2 aliphatic heterocycles. The van der Waals surface area contributed by atoms with Gasteiger partial charge < -0.3 is 9.88 Å². The number of pyridine rings is 2. The fourth-order valence-corrected chi connectivity index (χ4v) is 5.77. The number of nitrogens with zero attached hydrogens (tertiary/aromatic N) is 6. The predicted molar refractivity (Wildman–Crippen MR) is 143 cm³/mol. The van der Waals surface area contributed by atoms with E-state index in [4.69, 9.17) is 4.98 Å². The summed E-state index contributed by atoms with van der Waals surface area (Å²) in [6, 6.07) is 7.80. The second-order valence-corrected chi connectivity index (χ2v) is 10.5. The molecule has 0 saturated carbocycles. The minimum Gasteiger partial charge on any atom is -0.370 e. The number of hydrogen-bond acceptors (Lipinski definition) is 6. The van der Waals surface area contributed by atoms with Gasteiger partial charge in [0.05, 0.1) is 34.8 Å². The van der Waals surface area contributed by atoms with Crippen molar-refractivity contribution in [3.05, 3.63) is 54.2 Å². The number of hydrogen-bond donors (Lipinski definition) is 2. The van der Waals surface area contributed by atoms with Crippen molar-refractivity contribution in [2.75, 3.05) is 31.1 Å². The number of halogens is 3. The van der Waals surface area contributed by atoms with Crippen LogP contribution in [0, 0.1) is 5.82 Å². The first-order valence-electron chi connectivity index (χ1n) is 13.3. The first-order chi connectivity index (χ1) is 18.9. The molecule has 8 nitrogen and oxygen atoms in total. The van der Waals surface area contributed by atoms with Crippen molar-refractivity contribution in [3.63, 3.8) is 0 Å². The summed E-state index contributed by atoms with van der Waals surface area (Å²) in [6.45, 7) is 2.32. The summed E-state index contributed by atoms with van der Waals surface area (Å²) in [5.41, 5.74) is 4.91. The number of benzene rings is 1. The van der Waals surface area contributed by atoms with E-state index in [-0.39, 0.29) is 24.0 Å². The minimum atomic E-state index is -2.67. The predicted octanol–water partition coefficient (Wildman–Crippen LogP) is 5.53. The highest BCUT2D eigenvalue weighted by atomic mass is 19.3. The summed E-state index contributed by atoms with van der Waals surface area (Å²) >= 11 is 0. The van der Waals surface area contributed by atoms with Gasteiger partial charge in [0.2, 0.25) is 0 Å². The van der Waals surface area contributed by atoms with Crippen molar-refractivity contribution in [2.45, 2.75) is 38.2 Å². The molecule has 0 aliphatic carbocycles. The van der Waals surface area contributed by atoms with E-state index in [1.807, 2.05) is 12.1 Å². The number of likely N-dealkylation sites (tertiary alicyclic amines) is 1. The van der Waals surface area contributed by atoms with Gasteiger partial charge in [0.25, 0.3) is 5.92 Å². The molecule has 2 N–H and O–H groups in total.